The van der Waals surface area contributed by atoms with Crippen molar-refractivity contribution in [1.82, 2.24) is 10.2 Å². The van der Waals surface area contributed by atoms with E-state index < -0.39 is 0 Å². The lowest BCUT2D eigenvalue weighted by atomic mass is 10.1. The van der Waals surface area contributed by atoms with Crippen LogP contribution in [0.1, 0.15) is 16.8 Å². The van der Waals surface area contributed by atoms with E-state index in [0.29, 0.717) is 30.3 Å². The standard InChI is InChI=1S/C14H20N2O3/c1-15-6-3-7-16(2)14(17)11-4-5-12-13(10-11)19-9-8-18-12/h4-5,10,15H,3,6-9H2,1-2H3. The van der Waals surface area contributed by atoms with E-state index in [1.807, 2.05) is 14.1 Å². The molecule has 0 atom stereocenters. The molecule has 1 aromatic rings. The van der Waals surface area contributed by atoms with Gasteiger partial charge < -0.3 is 19.7 Å². The Balaban J connectivity index is 2.02. The van der Waals surface area contributed by atoms with Crippen molar-refractivity contribution in [3.05, 3.63) is 23.8 Å². The largest absolute Gasteiger partial charge is 0.486 e. The fourth-order valence-electron chi connectivity index (χ4n) is 1.99. The van der Waals surface area contributed by atoms with E-state index in [-0.39, 0.29) is 5.91 Å². The van der Waals surface area contributed by atoms with Crippen LogP contribution in [-0.2, 0) is 0 Å². The highest BCUT2D eigenvalue weighted by molar-refractivity contribution is 5.94. The summed E-state index contributed by atoms with van der Waals surface area (Å²) in [5.74, 6) is 1.37. The molecule has 0 aliphatic carbocycles. The quantitative estimate of drug-likeness (QED) is 0.810. The average molecular weight is 264 g/mol. The lowest BCUT2D eigenvalue weighted by molar-refractivity contribution is 0.0792. The molecule has 19 heavy (non-hydrogen) atoms. The minimum atomic E-state index is 0.00748. The number of nitrogens with zero attached hydrogens (tertiary/aromatic N) is 1. The molecule has 1 N–H and O–H groups in total. The maximum atomic E-state index is 12.2. The molecular formula is C14H20N2O3. The smallest absolute Gasteiger partial charge is 0.253 e. The van der Waals surface area contributed by atoms with E-state index >= 15 is 0 Å². The molecule has 0 bridgehead atoms. The lowest BCUT2D eigenvalue weighted by Gasteiger charge is -2.21. The van der Waals surface area contributed by atoms with Gasteiger partial charge in [-0.1, -0.05) is 0 Å². The summed E-state index contributed by atoms with van der Waals surface area (Å²) in [5.41, 5.74) is 0.635. The normalized spacial score (nSPS) is 13.2. The van der Waals surface area contributed by atoms with Crippen molar-refractivity contribution in [2.24, 2.45) is 0 Å². The van der Waals surface area contributed by atoms with Gasteiger partial charge in [0.1, 0.15) is 13.2 Å². The molecule has 104 valence electrons. The van der Waals surface area contributed by atoms with Gasteiger partial charge in [0.2, 0.25) is 0 Å². The number of hydrogen-bond acceptors (Lipinski definition) is 4. The minimum absolute atomic E-state index is 0.00748. The van der Waals surface area contributed by atoms with Crippen LogP contribution in [0, 0.1) is 0 Å². The number of benzene rings is 1. The van der Waals surface area contributed by atoms with E-state index in [4.69, 9.17) is 9.47 Å². The molecule has 1 amide bonds. The van der Waals surface area contributed by atoms with E-state index in [1.54, 1.807) is 23.1 Å². The van der Waals surface area contributed by atoms with Crippen molar-refractivity contribution in [3.8, 4) is 11.5 Å². The second-order valence-corrected chi connectivity index (χ2v) is 4.54. The molecular weight excluding hydrogens is 244 g/mol. The molecule has 1 aliphatic heterocycles. The van der Waals surface area contributed by atoms with Crippen LogP contribution in [-0.4, -0.2) is 51.2 Å². The third-order valence-corrected chi connectivity index (χ3v) is 3.06. The second kappa shape index (κ2) is 6.43. The van der Waals surface area contributed by atoms with Crippen molar-refractivity contribution in [1.29, 1.82) is 0 Å². The fourth-order valence-corrected chi connectivity index (χ4v) is 1.99. The number of amides is 1. The third-order valence-electron chi connectivity index (χ3n) is 3.06. The Morgan fingerprint density at radius 3 is 2.79 bits per heavy atom. The molecule has 0 aromatic heterocycles. The molecule has 0 saturated heterocycles. The number of ether oxygens (including phenoxy) is 2. The minimum Gasteiger partial charge on any atom is -0.486 e. The van der Waals surface area contributed by atoms with Crippen LogP contribution >= 0.6 is 0 Å². The molecule has 1 heterocycles. The summed E-state index contributed by atoms with van der Waals surface area (Å²) in [4.78, 5) is 14.0. The Kier molecular flexibility index (Phi) is 4.63. The summed E-state index contributed by atoms with van der Waals surface area (Å²) in [5, 5.41) is 3.07. The Bertz CT molecular complexity index is 448. The lowest BCUT2D eigenvalue weighted by Crippen LogP contribution is -2.29. The maximum absolute atomic E-state index is 12.2. The summed E-state index contributed by atoms with van der Waals surface area (Å²) in [6.07, 6.45) is 0.934. The van der Waals surface area contributed by atoms with Gasteiger partial charge in [-0.2, -0.15) is 0 Å². The Hall–Kier alpha value is -1.75. The van der Waals surface area contributed by atoms with Gasteiger partial charge in [-0.15, -0.1) is 0 Å². The number of carbonyl (C=O) groups excluding carboxylic acids is 1. The highest BCUT2D eigenvalue weighted by atomic mass is 16.6. The third kappa shape index (κ3) is 3.38. The average Bonchev–Trinajstić information content (AvgIpc) is 2.46. The highest BCUT2D eigenvalue weighted by Gasteiger charge is 2.17. The van der Waals surface area contributed by atoms with Crippen molar-refractivity contribution >= 4 is 5.91 Å². The summed E-state index contributed by atoms with van der Waals surface area (Å²) < 4.78 is 10.9. The second-order valence-electron chi connectivity index (χ2n) is 4.54. The van der Waals surface area contributed by atoms with Crippen LogP contribution < -0.4 is 14.8 Å². The zero-order valence-corrected chi connectivity index (χ0v) is 11.4. The van der Waals surface area contributed by atoms with Gasteiger partial charge in [-0.05, 0) is 38.2 Å². The van der Waals surface area contributed by atoms with Gasteiger partial charge in [0.25, 0.3) is 5.91 Å². The first kappa shape index (κ1) is 13.7. The van der Waals surface area contributed by atoms with Gasteiger partial charge in [-0.25, -0.2) is 0 Å². The summed E-state index contributed by atoms with van der Waals surface area (Å²) in [6, 6.07) is 5.33. The molecule has 0 fully saturated rings. The van der Waals surface area contributed by atoms with Gasteiger partial charge >= 0.3 is 0 Å². The zero-order chi connectivity index (χ0) is 13.7. The van der Waals surface area contributed by atoms with Crippen LogP contribution in [0.15, 0.2) is 18.2 Å². The predicted octanol–water partition coefficient (Wildman–Crippen LogP) is 1.14. The van der Waals surface area contributed by atoms with Crippen molar-refractivity contribution < 1.29 is 14.3 Å². The number of rotatable bonds is 5. The molecule has 0 saturated carbocycles. The molecule has 1 aromatic carbocycles. The van der Waals surface area contributed by atoms with Gasteiger partial charge in [0, 0.05) is 19.2 Å². The van der Waals surface area contributed by atoms with E-state index in [1.165, 1.54) is 0 Å². The Labute approximate surface area is 113 Å². The molecule has 0 radical (unpaired) electrons. The van der Waals surface area contributed by atoms with Crippen LogP contribution in [0.3, 0.4) is 0 Å². The first-order valence-electron chi connectivity index (χ1n) is 6.52. The highest BCUT2D eigenvalue weighted by Crippen LogP contribution is 2.30. The van der Waals surface area contributed by atoms with E-state index in [9.17, 15) is 4.79 Å². The molecule has 0 unspecified atom stereocenters. The zero-order valence-electron chi connectivity index (χ0n) is 11.4. The first-order valence-corrected chi connectivity index (χ1v) is 6.52. The SMILES string of the molecule is CNCCCN(C)C(=O)c1ccc2c(c1)OCCO2. The molecule has 1 aliphatic rings. The van der Waals surface area contributed by atoms with Gasteiger partial charge in [0.05, 0.1) is 0 Å². The number of nitrogens with one attached hydrogen (secondary N) is 1. The molecule has 0 spiro atoms. The number of fused-ring (bicyclic) bond motifs is 1. The molecule has 5 nitrogen and oxygen atoms in total. The molecule has 2 rings (SSSR count). The van der Waals surface area contributed by atoms with Crippen LogP contribution in [0.2, 0.25) is 0 Å². The van der Waals surface area contributed by atoms with Gasteiger partial charge in [-0.3, -0.25) is 4.79 Å². The topological polar surface area (TPSA) is 50.8 Å². The molecule has 5 heteroatoms. The van der Waals surface area contributed by atoms with E-state index in [0.717, 1.165) is 19.5 Å². The van der Waals surface area contributed by atoms with Crippen molar-refractivity contribution in [3.63, 3.8) is 0 Å². The summed E-state index contributed by atoms with van der Waals surface area (Å²) >= 11 is 0. The number of hydrogen-bond donors (Lipinski definition) is 1. The van der Waals surface area contributed by atoms with Crippen molar-refractivity contribution in [2.45, 2.75) is 6.42 Å². The maximum Gasteiger partial charge on any atom is 0.253 e. The fraction of sp³-hybridized carbons (Fsp3) is 0.500. The van der Waals surface area contributed by atoms with Crippen LogP contribution in [0.25, 0.3) is 0 Å². The van der Waals surface area contributed by atoms with Crippen LogP contribution in [0.4, 0.5) is 0 Å². The first-order chi connectivity index (χ1) is 9.22. The summed E-state index contributed by atoms with van der Waals surface area (Å²) in [7, 11) is 3.72. The van der Waals surface area contributed by atoms with Gasteiger partial charge in [0.15, 0.2) is 11.5 Å². The Morgan fingerprint density at radius 1 is 1.32 bits per heavy atom. The van der Waals surface area contributed by atoms with Crippen molar-refractivity contribution in [2.75, 3.05) is 40.4 Å². The van der Waals surface area contributed by atoms with E-state index in [2.05, 4.69) is 5.32 Å². The Morgan fingerprint density at radius 2 is 2.05 bits per heavy atom. The van der Waals surface area contributed by atoms with Crippen LogP contribution in [0.5, 0.6) is 11.5 Å². The summed E-state index contributed by atoms with van der Waals surface area (Å²) in [6.45, 7) is 2.72. The monoisotopic (exact) mass is 264 g/mol. The predicted molar refractivity (Wildman–Crippen MR) is 72.9 cm³/mol. The number of carbonyl (C=O) groups is 1.